The molecule has 0 spiro atoms. The molecule has 3 aromatic rings. The van der Waals surface area contributed by atoms with Gasteiger partial charge in [0.1, 0.15) is 5.75 Å². The lowest BCUT2D eigenvalue weighted by Gasteiger charge is -2.14. The molecule has 1 amide bonds. The minimum absolute atomic E-state index is 0.0290. The maximum absolute atomic E-state index is 12.6. The van der Waals surface area contributed by atoms with Gasteiger partial charge in [-0.3, -0.25) is 14.6 Å². The van der Waals surface area contributed by atoms with Gasteiger partial charge in [0.05, 0.1) is 24.1 Å². The Kier molecular flexibility index (Phi) is 5.34. The quantitative estimate of drug-likeness (QED) is 0.691. The van der Waals surface area contributed by atoms with Gasteiger partial charge in [-0.2, -0.15) is 10.2 Å². The Hall–Kier alpha value is -2.80. The molecule has 0 radical (unpaired) electrons. The number of benzene rings is 1. The van der Waals surface area contributed by atoms with Crippen molar-refractivity contribution < 1.29 is 9.53 Å². The Balaban J connectivity index is 1.30. The third-order valence-corrected chi connectivity index (χ3v) is 5.17. The molecule has 1 aliphatic rings. The van der Waals surface area contributed by atoms with E-state index in [-0.39, 0.29) is 11.8 Å². The van der Waals surface area contributed by atoms with E-state index in [0.717, 1.165) is 36.5 Å². The van der Waals surface area contributed by atoms with Crippen LogP contribution in [0.1, 0.15) is 34.1 Å². The largest absolute Gasteiger partial charge is 0.493 e. The number of halogens is 1. The van der Waals surface area contributed by atoms with Crippen LogP contribution in [0.25, 0.3) is 0 Å². The minimum Gasteiger partial charge on any atom is -0.493 e. The maximum atomic E-state index is 12.6. The highest BCUT2D eigenvalue weighted by Gasteiger charge is 2.29. The normalized spacial score (nSPS) is 16.5. The second-order valence-corrected chi connectivity index (χ2v) is 7.45. The summed E-state index contributed by atoms with van der Waals surface area (Å²) in [4.78, 5) is 14.4. The van der Waals surface area contributed by atoms with Crippen LogP contribution >= 0.6 is 11.6 Å². The van der Waals surface area contributed by atoms with Gasteiger partial charge in [0, 0.05) is 49.4 Å². The van der Waals surface area contributed by atoms with Crippen LogP contribution in [0.2, 0.25) is 5.02 Å². The monoisotopic (exact) mass is 399 g/mol. The van der Waals surface area contributed by atoms with E-state index < -0.39 is 0 Å². The third-order valence-electron chi connectivity index (χ3n) is 4.93. The average Bonchev–Trinajstić information content (AvgIpc) is 3.41. The summed E-state index contributed by atoms with van der Waals surface area (Å²) in [6.45, 7) is 1.95. The van der Waals surface area contributed by atoms with Crippen molar-refractivity contribution in [2.75, 3.05) is 19.7 Å². The van der Waals surface area contributed by atoms with Crippen LogP contribution in [-0.2, 0) is 13.5 Å². The molecule has 0 bridgehead atoms. The molecule has 1 aromatic carbocycles. The van der Waals surface area contributed by atoms with Crippen LogP contribution in [-0.4, -0.2) is 50.5 Å². The highest BCUT2D eigenvalue weighted by molar-refractivity contribution is 6.30. The number of nitrogens with zero attached hydrogens (tertiary/aromatic N) is 4. The number of nitrogens with one attached hydrogen (secondary N) is 1. The first-order valence-electron chi connectivity index (χ1n) is 9.29. The van der Waals surface area contributed by atoms with Crippen molar-refractivity contribution in [2.45, 2.75) is 18.8 Å². The maximum Gasteiger partial charge on any atom is 0.257 e. The summed E-state index contributed by atoms with van der Waals surface area (Å²) >= 11 is 5.96. The Morgan fingerprint density at radius 2 is 2.29 bits per heavy atom. The Bertz CT molecular complexity index is 967. The number of H-pyrrole nitrogens is 1. The molecule has 7 nitrogen and oxygen atoms in total. The van der Waals surface area contributed by atoms with Gasteiger partial charge in [-0.15, -0.1) is 0 Å². The Morgan fingerprint density at radius 3 is 3.07 bits per heavy atom. The smallest absolute Gasteiger partial charge is 0.257 e. The van der Waals surface area contributed by atoms with Gasteiger partial charge in [-0.25, -0.2) is 0 Å². The second kappa shape index (κ2) is 8.06. The first kappa shape index (κ1) is 18.6. The van der Waals surface area contributed by atoms with E-state index in [2.05, 4.69) is 21.4 Å². The molecule has 2 aromatic heterocycles. The fourth-order valence-corrected chi connectivity index (χ4v) is 3.63. The Morgan fingerprint density at radius 1 is 1.39 bits per heavy atom. The van der Waals surface area contributed by atoms with Crippen molar-refractivity contribution in [2.24, 2.45) is 7.05 Å². The fraction of sp³-hybridized carbons (Fsp3) is 0.350. The zero-order valence-corrected chi connectivity index (χ0v) is 16.4. The number of amides is 1. The van der Waals surface area contributed by atoms with E-state index in [4.69, 9.17) is 16.3 Å². The van der Waals surface area contributed by atoms with Crippen molar-refractivity contribution in [3.8, 4) is 5.75 Å². The topological polar surface area (TPSA) is 76.0 Å². The molecule has 28 heavy (non-hydrogen) atoms. The van der Waals surface area contributed by atoms with Gasteiger partial charge >= 0.3 is 0 Å². The first-order chi connectivity index (χ1) is 13.6. The average molecular weight is 400 g/mol. The molecule has 8 heteroatoms. The second-order valence-electron chi connectivity index (χ2n) is 7.01. The van der Waals surface area contributed by atoms with E-state index in [0.29, 0.717) is 23.7 Å². The van der Waals surface area contributed by atoms with Gasteiger partial charge in [-0.05, 0) is 30.7 Å². The van der Waals surface area contributed by atoms with Crippen molar-refractivity contribution in [1.82, 2.24) is 24.9 Å². The summed E-state index contributed by atoms with van der Waals surface area (Å²) in [6.07, 6.45) is 5.00. The van der Waals surface area contributed by atoms with Gasteiger partial charge in [0.15, 0.2) is 0 Å². The highest BCUT2D eigenvalue weighted by atomic mass is 35.5. The van der Waals surface area contributed by atoms with Crippen LogP contribution in [0.3, 0.4) is 0 Å². The first-order valence-corrected chi connectivity index (χ1v) is 9.67. The van der Waals surface area contributed by atoms with E-state index >= 15 is 0 Å². The molecule has 146 valence electrons. The number of aromatic amines is 1. The van der Waals surface area contributed by atoms with E-state index in [1.165, 1.54) is 0 Å². The number of hydrogen-bond donors (Lipinski definition) is 1. The predicted octanol–water partition coefficient (Wildman–Crippen LogP) is 3.05. The molecule has 1 N–H and O–H groups in total. The van der Waals surface area contributed by atoms with Crippen molar-refractivity contribution in [3.63, 3.8) is 0 Å². The SMILES string of the molecule is Cn1cc(C(=O)N2CC[C@H](c3cc(CCOc4cccc(Cl)c4)[nH]n3)C2)cn1. The number of carbonyl (C=O) groups is 1. The van der Waals surface area contributed by atoms with Crippen LogP contribution in [0.4, 0.5) is 0 Å². The summed E-state index contributed by atoms with van der Waals surface area (Å²) in [5.74, 6) is 1.04. The highest BCUT2D eigenvalue weighted by Crippen LogP contribution is 2.27. The molecule has 0 unspecified atom stereocenters. The molecule has 1 fully saturated rings. The number of aromatic nitrogens is 4. The number of hydrogen-bond acceptors (Lipinski definition) is 4. The summed E-state index contributed by atoms with van der Waals surface area (Å²) in [5.41, 5.74) is 2.65. The van der Waals surface area contributed by atoms with Crippen molar-refractivity contribution >= 4 is 17.5 Å². The molecular formula is C20H22ClN5O2. The predicted molar refractivity (Wildman–Crippen MR) is 106 cm³/mol. The minimum atomic E-state index is 0.0290. The molecule has 1 saturated heterocycles. The van der Waals surface area contributed by atoms with Crippen LogP contribution in [0.5, 0.6) is 5.75 Å². The number of ether oxygens (including phenoxy) is 1. The van der Waals surface area contributed by atoms with Crippen LogP contribution < -0.4 is 4.74 Å². The number of aryl methyl sites for hydroxylation is 1. The molecular weight excluding hydrogens is 378 g/mol. The standard InChI is InChI=1S/C20H22ClN5O2/c1-25-12-15(11-22-25)20(27)26-7-5-14(13-26)19-10-17(23-24-19)6-8-28-18-4-2-3-16(21)9-18/h2-4,9-12,14H,5-8,13H2,1H3,(H,23,24)/t14-/m0/s1. The van der Waals surface area contributed by atoms with Gasteiger partial charge in [0.2, 0.25) is 0 Å². The molecule has 1 aliphatic heterocycles. The lowest BCUT2D eigenvalue weighted by atomic mass is 10.0. The molecule has 0 aliphatic carbocycles. The van der Waals surface area contributed by atoms with E-state index in [9.17, 15) is 4.79 Å². The zero-order chi connectivity index (χ0) is 19.5. The molecule has 0 saturated carbocycles. The summed E-state index contributed by atoms with van der Waals surface area (Å²) in [5, 5.41) is 12.3. The van der Waals surface area contributed by atoms with Gasteiger partial charge in [0.25, 0.3) is 5.91 Å². The lowest BCUT2D eigenvalue weighted by Crippen LogP contribution is -2.28. The summed E-state index contributed by atoms with van der Waals surface area (Å²) < 4.78 is 7.38. The summed E-state index contributed by atoms with van der Waals surface area (Å²) in [6, 6.07) is 9.44. The summed E-state index contributed by atoms with van der Waals surface area (Å²) in [7, 11) is 1.81. The lowest BCUT2D eigenvalue weighted by molar-refractivity contribution is 0.0790. The van der Waals surface area contributed by atoms with Gasteiger partial charge < -0.3 is 9.64 Å². The molecule has 1 atom stereocenters. The third kappa shape index (κ3) is 4.20. The fourth-order valence-electron chi connectivity index (χ4n) is 3.45. The molecule has 3 heterocycles. The van der Waals surface area contributed by atoms with Gasteiger partial charge in [-0.1, -0.05) is 17.7 Å². The van der Waals surface area contributed by atoms with Crippen LogP contribution in [0, 0.1) is 0 Å². The number of likely N-dealkylation sites (tertiary alicyclic amines) is 1. The number of carbonyl (C=O) groups excluding carboxylic acids is 1. The number of rotatable bonds is 6. The molecule has 4 rings (SSSR count). The van der Waals surface area contributed by atoms with Crippen molar-refractivity contribution in [3.05, 3.63) is 64.7 Å². The van der Waals surface area contributed by atoms with E-state index in [1.54, 1.807) is 23.1 Å². The van der Waals surface area contributed by atoms with E-state index in [1.807, 2.05) is 30.1 Å². The zero-order valence-electron chi connectivity index (χ0n) is 15.6. The van der Waals surface area contributed by atoms with Crippen LogP contribution in [0.15, 0.2) is 42.7 Å². The van der Waals surface area contributed by atoms with Crippen molar-refractivity contribution in [1.29, 1.82) is 0 Å². The Labute approximate surface area is 168 Å².